The summed E-state index contributed by atoms with van der Waals surface area (Å²) in [5.41, 5.74) is 0. The quantitative estimate of drug-likeness (QED) is 0.720. The molecular formula is C17H27NO5. The van der Waals surface area contributed by atoms with Crippen LogP contribution < -0.4 is 0 Å². The number of carbonyl (C=O) groups is 3. The molecule has 2 aliphatic rings. The second-order valence-electron chi connectivity index (χ2n) is 6.85. The molecule has 2 rings (SSSR count). The molecule has 1 amide bonds. The van der Waals surface area contributed by atoms with Gasteiger partial charge in [-0.25, -0.2) is 0 Å². The summed E-state index contributed by atoms with van der Waals surface area (Å²) in [7, 11) is 1.38. The number of methoxy groups -OCH3 is 1. The number of carbonyl (C=O) groups excluding carboxylic acids is 3. The maximum atomic E-state index is 12.7. The summed E-state index contributed by atoms with van der Waals surface area (Å²) in [6, 6.07) is 0. The molecule has 0 aromatic heterocycles. The lowest BCUT2D eigenvalue weighted by Gasteiger charge is -2.35. The SMILES string of the molecule is COC(=O)C1CCN(C(=O)[C@@H](OC(=O)C2CCC2)C(C)C)CC1. The highest BCUT2D eigenvalue weighted by atomic mass is 16.5. The summed E-state index contributed by atoms with van der Waals surface area (Å²) >= 11 is 0. The molecule has 1 saturated heterocycles. The lowest BCUT2D eigenvalue weighted by Crippen LogP contribution is -2.48. The van der Waals surface area contributed by atoms with Gasteiger partial charge in [0.2, 0.25) is 0 Å². The molecule has 0 radical (unpaired) electrons. The van der Waals surface area contributed by atoms with Gasteiger partial charge < -0.3 is 14.4 Å². The zero-order valence-electron chi connectivity index (χ0n) is 14.2. The maximum absolute atomic E-state index is 12.7. The van der Waals surface area contributed by atoms with E-state index in [-0.39, 0.29) is 35.6 Å². The molecule has 1 saturated carbocycles. The molecule has 1 aliphatic carbocycles. The normalized spacial score (nSPS) is 20.8. The molecule has 1 aliphatic heterocycles. The summed E-state index contributed by atoms with van der Waals surface area (Å²) in [6.45, 7) is 4.78. The van der Waals surface area contributed by atoms with E-state index in [1.165, 1.54) is 7.11 Å². The number of ether oxygens (including phenoxy) is 2. The lowest BCUT2D eigenvalue weighted by atomic mass is 9.85. The summed E-state index contributed by atoms with van der Waals surface area (Å²) in [5.74, 6) is -0.837. The Morgan fingerprint density at radius 1 is 0.957 bits per heavy atom. The highest BCUT2D eigenvalue weighted by Gasteiger charge is 2.36. The van der Waals surface area contributed by atoms with E-state index in [0.717, 1.165) is 19.3 Å². The third-order valence-corrected chi connectivity index (χ3v) is 4.87. The summed E-state index contributed by atoms with van der Waals surface area (Å²) in [5, 5.41) is 0. The van der Waals surface area contributed by atoms with E-state index < -0.39 is 6.10 Å². The fraction of sp³-hybridized carbons (Fsp3) is 0.824. The standard InChI is InChI=1S/C17H27NO5/c1-11(2)14(23-17(21)12-5-4-6-12)15(19)18-9-7-13(8-10-18)16(20)22-3/h11-14H,4-10H2,1-3H3/t14-/m0/s1. The van der Waals surface area contributed by atoms with E-state index in [2.05, 4.69) is 0 Å². The molecular weight excluding hydrogens is 298 g/mol. The van der Waals surface area contributed by atoms with E-state index >= 15 is 0 Å². The first kappa shape index (κ1) is 17.8. The first-order valence-corrected chi connectivity index (χ1v) is 8.51. The molecule has 6 heteroatoms. The topological polar surface area (TPSA) is 72.9 Å². The van der Waals surface area contributed by atoms with Crippen molar-refractivity contribution in [1.82, 2.24) is 4.90 Å². The van der Waals surface area contributed by atoms with Crippen LogP contribution in [0.4, 0.5) is 0 Å². The van der Waals surface area contributed by atoms with Crippen LogP contribution in [0.15, 0.2) is 0 Å². The highest BCUT2D eigenvalue weighted by molar-refractivity contribution is 5.85. The molecule has 0 bridgehead atoms. The van der Waals surface area contributed by atoms with Crippen LogP contribution in [0.3, 0.4) is 0 Å². The van der Waals surface area contributed by atoms with Crippen LogP contribution in [0.1, 0.15) is 46.0 Å². The van der Waals surface area contributed by atoms with E-state index in [4.69, 9.17) is 9.47 Å². The molecule has 0 spiro atoms. The zero-order chi connectivity index (χ0) is 17.0. The molecule has 23 heavy (non-hydrogen) atoms. The van der Waals surface area contributed by atoms with Gasteiger partial charge in [-0.15, -0.1) is 0 Å². The summed E-state index contributed by atoms with van der Waals surface area (Å²) in [4.78, 5) is 38.0. The predicted octanol–water partition coefficient (Wildman–Crippen LogP) is 1.77. The number of hydrogen-bond acceptors (Lipinski definition) is 5. The monoisotopic (exact) mass is 325 g/mol. The van der Waals surface area contributed by atoms with Gasteiger partial charge in [-0.1, -0.05) is 20.3 Å². The van der Waals surface area contributed by atoms with Gasteiger partial charge in [0.1, 0.15) is 0 Å². The number of amides is 1. The Labute approximate surface area is 137 Å². The van der Waals surface area contributed by atoms with Gasteiger partial charge in [0, 0.05) is 13.1 Å². The Morgan fingerprint density at radius 2 is 1.52 bits per heavy atom. The van der Waals surface area contributed by atoms with Crippen LogP contribution in [0.25, 0.3) is 0 Å². The number of rotatable bonds is 5. The van der Waals surface area contributed by atoms with Crippen molar-refractivity contribution in [3.8, 4) is 0 Å². The van der Waals surface area contributed by atoms with E-state index in [1.807, 2.05) is 13.8 Å². The average Bonchev–Trinajstić information content (AvgIpc) is 2.49. The molecule has 0 aromatic rings. The van der Waals surface area contributed by atoms with Crippen LogP contribution in [-0.2, 0) is 23.9 Å². The van der Waals surface area contributed by atoms with Crippen LogP contribution in [0, 0.1) is 17.8 Å². The number of esters is 2. The molecule has 2 fully saturated rings. The smallest absolute Gasteiger partial charge is 0.309 e. The van der Waals surface area contributed by atoms with Gasteiger partial charge in [-0.05, 0) is 31.6 Å². The van der Waals surface area contributed by atoms with Gasteiger partial charge in [0.15, 0.2) is 6.10 Å². The number of nitrogens with zero attached hydrogens (tertiary/aromatic N) is 1. The Hall–Kier alpha value is -1.59. The van der Waals surface area contributed by atoms with E-state index in [9.17, 15) is 14.4 Å². The van der Waals surface area contributed by atoms with Crippen molar-refractivity contribution >= 4 is 17.8 Å². The number of likely N-dealkylation sites (tertiary alicyclic amines) is 1. The van der Waals surface area contributed by atoms with Crippen molar-refractivity contribution < 1.29 is 23.9 Å². The second-order valence-corrected chi connectivity index (χ2v) is 6.85. The minimum atomic E-state index is -0.724. The molecule has 6 nitrogen and oxygen atoms in total. The third-order valence-electron chi connectivity index (χ3n) is 4.87. The third kappa shape index (κ3) is 4.24. The molecule has 0 aromatic carbocycles. The Balaban J connectivity index is 1.90. The fourth-order valence-corrected chi connectivity index (χ4v) is 3.02. The van der Waals surface area contributed by atoms with E-state index in [1.54, 1.807) is 4.90 Å². The van der Waals surface area contributed by atoms with Crippen LogP contribution >= 0.6 is 0 Å². The van der Waals surface area contributed by atoms with Crippen molar-refractivity contribution in [1.29, 1.82) is 0 Å². The van der Waals surface area contributed by atoms with Gasteiger partial charge in [-0.3, -0.25) is 14.4 Å². The van der Waals surface area contributed by atoms with Gasteiger partial charge in [0.25, 0.3) is 5.91 Å². The lowest BCUT2D eigenvalue weighted by molar-refractivity contribution is -0.169. The van der Waals surface area contributed by atoms with Crippen molar-refractivity contribution in [3.05, 3.63) is 0 Å². The maximum Gasteiger partial charge on any atom is 0.309 e. The predicted molar refractivity (Wildman–Crippen MR) is 83.4 cm³/mol. The largest absolute Gasteiger partial charge is 0.469 e. The number of piperidine rings is 1. The second kappa shape index (κ2) is 7.79. The van der Waals surface area contributed by atoms with Crippen molar-refractivity contribution in [2.75, 3.05) is 20.2 Å². The van der Waals surface area contributed by atoms with Crippen LogP contribution in [0.2, 0.25) is 0 Å². The molecule has 1 atom stereocenters. The van der Waals surface area contributed by atoms with E-state index in [0.29, 0.717) is 25.9 Å². The van der Waals surface area contributed by atoms with Gasteiger partial charge >= 0.3 is 11.9 Å². The molecule has 0 unspecified atom stereocenters. The molecule has 130 valence electrons. The zero-order valence-corrected chi connectivity index (χ0v) is 14.2. The Bertz CT molecular complexity index is 450. The average molecular weight is 325 g/mol. The molecule has 1 heterocycles. The minimum Gasteiger partial charge on any atom is -0.469 e. The van der Waals surface area contributed by atoms with Crippen molar-refractivity contribution in [2.45, 2.75) is 52.1 Å². The number of hydrogen-bond donors (Lipinski definition) is 0. The van der Waals surface area contributed by atoms with Crippen LogP contribution in [-0.4, -0.2) is 49.0 Å². The van der Waals surface area contributed by atoms with Crippen molar-refractivity contribution in [3.63, 3.8) is 0 Å². The van der Waals surface area contributed by atoms with Crippen molar-refractivity contribution in [2.24, 2.45) is 17.8 Å². The fourth-order valence-electron chi connectivity index (χ4n) is 3.02. The van der Waals surface area contributed by atoms with Gasteiger partial charge in [0.05, 0.1) is 18.9 Å². The van der Waals surface area contributed by atoms with Gasteiger partial charge in [-0.2, -0.15) is 0 Å². The summed E-state index contributed by atoms with van der Waals surface area (Å²) in [6.07, 6.45) is 3.25. The highest BCUT2D eigenvalue weighted by Crippen LogP contribution is 2.29. The van der Waals surface area contributed by atoms with Crippen LogP contribution in [0.5, 0.6) is 0 Å². The minimum absolute atomic E-state index is 0.0332. The first-order chi connectivity index (χ1) is 10.9. The molecule has 0 N–H and O–H groups in total. The Morgan fingerprint density at radius 3 is 1.96 bits per heavy atom. The Kier molecular flexibility index (Phi) is 6.02. The first-order valence-electron chi connectivity index (χ1n) is 8.51. The summed E-state index contributed by atoms with van der Waals surface area (Å²) < 4.78 is 10.3.